The summed E-state index contributed by atoms with van der Waals surface area (Å²) in [6.07, 6.45) is 4.28. The lowest BCUT2D eigenvalue weighted by Crippen LogP contribution is -2.35. The van der Waals surface area contributed by atoms with E-state index in [0.29, 0.717) is 17.4 Å². The van der Waals surface area contributed by atoms with Crippen LogP contribution in [-0.4, -0.2) is 47.0 Å². The lowest BCUT2D eigenvalue weighted by atomic mass is 10.2. The fraction of sp³-hybridized carbons (Fsp3) is 0.167. The summed E-state index contributed by atoms with van der Waals surface area (Å²) >= 11 is 5.89. The monoisotopic (exact) mass is 419 g/mol. The summed E-state index contributed by atoms with van der Waals surface area (Å²) < 4.78 is 27.5. The Morgan fingerprint density at radius 2 is 1.93 bits per heavy atom. The Morgan fingerprint density at radius 3 is 2.61 bits per heavy atom. The fourth-order valence-corrected chi connectivity index (χ4v) is 3.69. The number of halogens is 1. The molecule has 146 valence electrons. The highest BCUT2D eigenvalue weighted by atomic mass is 35.5. The molecule has 1 aromatic carbocycles. The van der Waals surface area contributed by atoms with Gasteiger partial charge in [0.15, 0.2) is 0 Å². The van der Waals surface area contributed by atoms with Gasteiger partial charge in [-0.15, -0.1) is 0 Å². The highest BCUT2D eigenvalue weighted by Crippen LogP contribution is 2.15. The standard InChI is InChI=1S/C18H18ClN5O3S/c1-23(28(26,27)16-3-2-9-20-11-16)13-18(25)22-17-8-10-21-24(17)12-14-4-6-15(19)7-5-14/h2-11H,12-13H2,1H3,(H,22,25). The number of sulfonamides is 1. The van der Waals surface area contributed by atoms with Gasteiger partial charge in [-0.1, -0.05) is 23.7 Å². The number of likely N-dealkylation sites (N-methyl/N-ethyl adjacent to an activating group) is 1. The average molecular weight is 420 g/mol. The molecular formula is C18H18ClN5O3S. The van der Waals surface area contributed by atoms with Crippen LogP contribution >= 0.6 is 11.6 Å². The Labute approximate surface area is 167 Å². The second-order valence-electron chi connectivity index (χ2n) is 6.00. The molecule has 0 unspecified atom stereocenters. The van der Waals surface area contributed by atoms with Crippen molar-refractivity contribution in [2.75, 3.05) is 18.9 Å². The minimum atomic E-state index is -3.80. The molecule has 3 rings (SSSR count). The van der Waals surface area contributed by atoms with Gasteiger partial charge in [0.25, 0.3) is 0 Å². The van der Waals surface area contributed by atoms with Crippen LogP contribution in [0.1, 0.15) is 5.56 Å². The molecule has 1 N–H and O–H groups in total. The molecule has 0 radical (unpaired) electrons. The summed E-state index contributed by atoms with van der Waals surface area (Å²) in [5.74, 6) is -0.0139. The van der Waals surface area contributed by atoms with Gasteiger partial charge < -0.3 is 5.32 Å². The number of pyridine rings is 1. The Morgan fingerprint density at radius 1 is 1.18 bits per heavy atom. The summed E-state index contributed by atoms with van der Waals surface area (Å²) in [5, 5.41) is 7.52. The normalized spacial score (nSPS) is 11.5. The zero-order chi connectivity index (χ0) is 20.1. The zero-order valence-electron chi connectivity index (χ0n) is 15.0. The van der Waals surface area contributed by atoms with Crippen molar-refractivity contribution in [3.8, 4) is 0 Å². The van der Waals surface area contributed by atoms with Crippen molar-refractivity contribution >= 4 is 33.3 Å². The lowest BCUT2D eigenvalue weighted by Gasteiger charge is -2.17. The van der Waals surface area contributed by atoms with Crippen LogP contribution in [0.3, 0.4) is 0 Å². The number of amides is 1. The van der Waals surface area contributed by atoms with E-state index in [-0.39, 0.29) is 11.4 Å². The first-order valence-electron chi connectivity index (χ1n) is 8.29. The molecule has 8 nitrogen and oxygen atoms in total. The van der Waals surface area contributed by atoms with Crippen LogP contribution in [0.15, 0.2) is 66.0 Å². The second-order valence-corrected chi connectivity index (χ2v) is 8.48. The summed E-state index contributed by atoms with van der Waals surface area (Å²) in [6.45, 7) is 0.0902. The molecule has 0 spiro atoms. The van der Waals surface area contributed by atoms with E-state index in [9.17, 15) is 13.2 Å². The Kier molecular flexibility index (Phi) is 6.08. The first-order valence-corrected chi connectivity index (χ1v) is 10.1. The van der Waals surface area contributed by atoms with E-state index < -0.39 is 15.9 Å². The number of nitrogens with zero attached hydrogens (tertiary/aromatic N) is 4. The number of anilines is 1. The van der Waals surface area contributed by atoms with Crippen LogP contribution in [0.5, 0.6) is 0 Å². The van der Waals surface area contributed by atoms with E-state index in [4.69, 9.17) is 11.6 Å². The zero-order valence-corrected chi connectivity index (χ0v) is 16.6. The fourth-order valence-electron chi connectivity index (χ4n) is 2.48. The van der Waals surface area contributed by atoms with E-state index in [0.717, 1.165) is 9.87 Å². The molecule has 0 aliphatic heterocycles. The predicted octanol–water partition coefficient (Wildman–Crippen LogP) is 2.24. The van der Waals surface area contributed by atoms with Crippen molar-refractivity contribution in [2.24, 2.45) is 0 Å². The van der Waals surface area contributed by atoms with Gasteiger partial charge in [-0.05, 0) is 29.8 Å². The minimum absolute atomic E-state index is 0.0260. The molecule has 1 amide bonds. The SMILES string of the molecule is CN(CC(=O)Nc1ccnn1Cc1ccc(Cl)cc1)S(=O)(=O)c1cccnc1. The third-order valence-electron chi connectivity index (χ3n) is 3.94. The van der Waals surface area contributed by atoms with Gasteiger partial charge in [0.1, 0.15) is 10.7 Å². The first kappa shape index (κ1) is 20.0. The number of hydrogen-bond donors (Lipinski definition) is 1. The number of carbonyl (C=O) groups excluding carboxylic acids is 1. The molecule has 0 bridgehead atoms. The third kappa shape index (κ3) is 4.75. The molecule has 2 heterocycles. The van der Waals surface area contributed by atoms with Gasteiger partial charge in [0.2, 0.25) is 15.9 Å². The van der Waals surface area contributed by atoms with Crippen molar-refractivity contribution in [3.63, 3.8) is 0 Å². The number of rotatable bonds is 7. The molecule has 0 aliphatic carbocycles. The van der Waals surface area contributed by atoms with Gasteiger partial charge in [-0.25, -0.2) is 13.1 Å². The Hall–Kier alpha value is -2.75. The molecule has 0 saturated heterocycles. The molecule has 0 aliphatic rings. The highest BCUT2D eigenvalue weighted by Gasteiger charge is 2.23. The maximum absolute atomic E-state index is 12.5. The molecular weight excluding hydrogens is 402 g/mol. The van der Waals surface area contributed by atoms with E-state index in [1.54, 1.807) is 29.1 Å². The second kappa shape index (κ2) is 8.51. The third-order valence-corrected chi connectivity index (χ3v) is 5.98. The summed E-state index contributed by atoms with van der Waals surface area (Å²) in [5.41, 5.74) is 0.958. The maximum atomic E-state index is 12.5. The van der Waals surface area contributed by atoms with Crippen LogP contribution in [0.2, 0.25) is 5.02 Å². The number of benzene rings is 1. The Bertz CT molecular complexity index is 1050. The van der Waals surface area contributed by atoms with Crippen LogP contribution in [-0.2, 0) is 21.4 Å². The van der Waals surface area contributed by atoms with Gasteiger partial charge in [0.05, 0.1) is 19.3 Å². The quantitative estimate of drug-likeness (QED) is 0.633. The molecule has 10 heteroatoms. The van der Waals surface area contributed by atoms with Crippen molar-refractivity contribution in [1.82, 2.24) is 19.1 Å². The molecule has 0 fully saturated rings. The number of hydrogen-bond acceptors (Lipinski definition) is 5. The van der Waals surface area contributed by atoms with Gasteiger partial charge >= 0.3 is 0 Å². The molecule has 3 aromatic rings. The molecule has 28 heavy (non-hydrogen) atoms. The Balaban J connectivity index is 1.66. The highest BCUT2D eigenvalue weighted by molar-refractivity contribution is 7.89. The maximum Gasteiger partial charge on any atom is 0.244 e. The topological polar surface area (TPSA) is 97.2 Å². The van der Waals surface area contributed by atoms with Crippen molar-refractivity contribution < 1.29 is 13.2 Å². The summed E-state index contributed by atoms with van der Waals surface area (Å²) in [6, 6.07) is 11.9. The number of nitrogens with one attached hydrogen (secondary N) is 1. The van der Waals surface area contributed by atoms with Crippen molar-refractivity contribution in [2.45, 2.75) is 11.4 Å². The summed E-state index contributed by atoms with van der Waals surface area (Å²) in [7, 11) is -2.46. The largest absolute Gasteiger partial charge is 0.310 e. The van der Waals surface area contributed by atoms with E-state index in [1.165, 1.54) is 31.6 Å². The lowest BCUT2D eigenvalue weighted by molar-refractivity contribution is -0.116. The first-order chi connectivity index (χ1) is 13.4. The van der Waals surface area contributed by atoms with Gasteiger partial charge in [-0.2, -0.15) is 9.40 Å². The van der Waals surface area contributed by atoms with E-state index >= 15 is 0 Å². The van der Waals surface area contributed by atoms with E-state index in [2.05, 4.69) is 15.4 Å². The number of aromatic nitrogens is 3. The minimum Gasteiger partial charge on any atom is -0.310 e. The smallest absolute Gasteiger partial charge is 0.244 e. The van der Waals surface area contributed by atoms with Crippen molar-refractivity contribution in [1.29, 1.82) is 0 Å². The summed E-state index contributed by atoms with van der Waals surface area (Å²) in [4.78, 5) is 16.2. The van der Waals surface area contributed by atoms with Gasteiger partial charge in [-0.3, -0.25) is 9.78 Å². The van der Waals surface area contributed by atoms with Crippen molar-refractivity contribution in [3.05, 3.63) is 71.6 Å². The average Bonchev–Trinajstić information content (AvgIpc) is 3.10. The number of carbonyl (C=O) groups is 1. The van der Waals surface area contributed by atoms with Crippen LogP contribution < -0.4 is 5.32 Å². The van der Waals surface area contributed by atoms with E-state index in [1.807, 2.05) is 12.1 Å². The molecule has 0 saturated carbocycles. The molecule has 0 atom stereocenters. The van der Waals surface area contributed by atoms with Crippen LogP contribution in [0, 0.1) is 0 Å². The van der Waals surface area contributed by atoms with Crippen LogP contribution in [0.25, 0.3) is 0 Å². The van der Waals surface area contributed by atoms with Gasteiger partial charge in [0, 0.05) is 30.5 Å². The van der Waals surface area contributed by atoms with Crippen LogP contribution in [0.4, 0.5) is 5.82 Å². The predicted molar refractivity (Wildman–Crippen MR) is 105 cm³/mol. The molecule has 2 aromatic heterocycles.